The zero-order chi connectivity index (χ0) is 12.9. The lowest BCUT2D eigenvalue weighted by Crippen LogP contribution is -2.63. The molecule has 0 spiro atoms. The van der Waals surface area contributed by atoms with E-state index in [4.69, 9.17) is 27.9 Å². The molecule has 4 heteroatoms. The quantitative estimate of drug-likeness (QED) is 0.879. The van der Waals surface area contributed by atoms with E-state index in [0.29, 0.717) is 28.1 Å². The maximum atomic E-state index is 6.21. The van der Waals surface area contributed by atoms with Gasteiger partial charge in [-0.05, 0) is 24.6 Å². The van der Waals surface area contributed by atoms with Crippen LogP contribution in [0, 0.1) is 11.3 Å². The molecule has 1 N–H and O–H groups in total. The number of benzene rings is 1. The lowest BCUT2D eigenvalue weighted by molar-refractivity contribution is -0.0923. The van der Waals surface area contributed by atoms with Crippen LogP contribution in [0.5, 0.6) is 0 Å². The molecule has 1 aliphatic heterocycles. The van der Waals surface area contributed by atoms with Crippen LogP contribution in [-0.2, 0) is 4.74 Å². The molecule has 2 fully saturated rings. The Morgan fingerprint density at radius 1 is 1.33 bits per heavy atom. The summed E-state index contributed by atoms with van der Waals surface area (Å²) in [5.74, 6) is 0.603. The van der Waals surface area contributed by atoms with Crippen molar-refractivity contribution in [2.45, 2.75) is 32.4 Å². The van der Waals surface area contributed by atoms with E-state index >= 15 is 0 Å². The summed E-state index contributed by atoms with van der Waals surface area (Å²) >= 11 is 12.1. The van der Waals surface area contributed by atoms with Crippen LogP contribution in [0.25, 0.3) is 0 Å². The van der Waals surface area contributed by atoms with E-state index in [-0.39, 0.29) is 5.41 Å². The summed E-state index contributed by atoms with van der Waals surface area (Å²) in [6.45, 7) is 5.38. The average Bonchev–Trinajstić information content (AvgIpc) is 2.74. The van der Waals surface area contributed by atoms with Crippen molar-refractivity contribution in [2.75, 3.05) is 11.9 Å². The minimum atomic E-state index is 0.157. The van der Waals surface area contributed by atoms with E-state index in [0.717, 1.165) is 18.7 Å². The highest BCUT2D eigenvalue weighted by Gasteiger charge is 2.59. The van der Waals surface area contributed by atoms with E-state index < -0.39 is 0 Å². The van der Waals surface area contributed by atoms with Gasteiger partial charge in [-0.25, -0.2) is 0 Å². The van der Waals surface area contributed by atoms with Crippen LogP contribution >= 0.6 is 23.2 Å². The number of fused-ring (bicyclic) bond motifs is 1. The van der Waals surface area contributed by atoms with E-state index in [1.54, 1.807) is 6.07 Å². The van der Waals surface area contributed by atoms with Gasteiger partial charge in [0, 0.05) is 29.0 Å². The molecule has 0 bridgehead atoms. The zero-order valence-corrected chi connectivity index (χ0v) is 12.1. The van der Waals surface area contributed by atoms with Gasteiger partial charge < -0.3 is 10.1 Å². The Balaban J connectivity index is 1.80. The van der Waals surface area contributed by atoms with E-state index in [2.05, 4.69) is 19.2 Å². The van der Waals surface area contributed by atoms with Gasteiger partial charge in [0.2, 0.25) is 0 Å². The van der Waals surface area contributed by atoms with Crippen molar-refractivity contribution in [3.8, 4) is 0 Å². The molecular formula is C14H17Cl2NO. The third-order valence-electron chi connectivity index (χ3n) is 4.34. The summed E-state index contributed by atoms with van der Waals surface area (Å²) < 4.78 is 5.79. The Kier molecular flexibility index (Phi) is 3.00. The van der Waals surface area contributed by atoms with Crippen LogP contribution < -0.4 is 5.32 Å². The number of hydrogen-bond acceptors (Lipinski definition) is 2. The van der Waals surface area contributed by atoms with Gasteiger partial charge in [-0.1, -0.05) is 37.0 Å². The molecular weight excluding hydrogens is 269 g/mol. The molecule has 1 saturated carbocycles. The fraction of sp³-hybridized carbons (Fsp3) is 0.571. The third-order valence-corrected chi connectivity index (χ3v) is 4.89. The number of nitrogens with one attached hydrogen (secondary N) is 1. The summed E-state index contributed by atoms with van der Waals surface area (Å²) in [5, 5.41) is 4.91. The highest BCUT2D eigenvalue weighted by molar-refractivity contribution is 6.36. The number of rotatable bonds is 2. The van der Waals surface area contributed by atoms with Gasteiger partial charge in [0.15, 0.2) is 0 Å². The second kappa shape index (κ2) is 4.29. The smallest absolute Gasteiger partial charge is 0.0694 e. The average molecular weight is 286 g/mol. The number of halogens is 2. The molecule has 3 atom stereocenters. The normalized spacial score (nSPS) is 32.8. The first-order valence-corrected chi connectivity index (χ1v) is 7.09. The monoisotopic (exact) mass is 285 g/mol. The molecule has 1 aromatic carbocycles. The van der Waals surface area contributed by atoms with Gasteiger partial charge >= 0.3 is 0 Å². The van der Waals surface area contributed by atoms with Gasteiger partial charge in [0.1, 0.15) is 0 Å². The van der Waals surface area contributed by atoms with Crippen LogP contribution in [0.4, 0.5) is 5.69 Å². The first-order valence-electron chi connectivity index (χ1n) is 6.33. The maximum absolute atomic E-state index is 6.21. The molecule has 98 valence electrons. The van der Waals surface area contributed by atoms with E-state index in [9.17, 15) is 0 Å². The fourth-order valence-corrected chi connectivity index (χ4v) is 3.85. The molecule has 2 nitrogen and oxygen atoms in total. The molecule has 3 rings (SSSR count). The second-order valence-corrected chi connectivity index (χ2v) is 6.66. The van der Waals surface area contributed by atoms with Crippen LogP contribution in [-0.4, -0.2) is 18.8 Å². The SMILES string of the molecule is CC1(C)C(Nc2ccc(Cl)cc2Cl)C2CCOC21. The number of ether oxygens (including phenoxy) is 1. The van der Waals surface area contributed by atoms with Crippen LogP contribution in [0.15, 0.2) is 18.2 Å². The molecule has 2 aliphatic rings. The first-order chi connectivity index (χ1) is 8.50. The van der Waals surface area contributed by atoms with Gasteiger partial charge in [-0.3, -0.25) is 0 Å². The molecule has 1 aliphatic carbocycles. The second-order valence-electron chi connectivity index (χ2n) is 5.81. The Bertz CT molecular complexity index is 475. The van der Waals surface area contributed by atoms with E-state index in [1.165, 1.54) is 0 Å². The van der Waals surface area contributed by atoms with Crippen LogP contribution in [0.1, 0.15) is 20.3 Å². The molecule has 0 aromatic heterocycles. The van der Waals surface area contributed by atoms with Crippen molar-refractivity contribution in [2.24, 2.45) is 11.3 Å². The largest absolute Gasteiger partial charge is 0.380 e. The van der Waals surface area contributed by atoms with E-state index in [1.807, 2.05) is 12.1 Å². The minimum Gasteiger partial charge on any atom is -0.380 e. The molecule has 1 aromatic rings. The Hall–Kier alpha value is -0.440. The summed E-state index contributed by atoms with van der Waals surface area (Å²) in [6, 6.07) is 6.01. The van der Waals surface area contributed by atoms with Crippen LogP contribution in [0.3, 0.4) is 0 Å². The molecule has 1 saturated heterocycles. The van der Waals surface area contributed by atoms with Crippen molar-refractivity contribution in [1.82, 2.24) is 0 Å². The molecule has 0 amide bonds. The lowest BCUT2D eigenvalue weighted by Gasteiger charge is -2.55. The fourth-order valence-electron chi connectivity index (χ4n) is 3.39. The van der Waals surface area contributed by atoms with Gasteiger partial charge in [0.05, 0.1) is 16.8 Å². The Labute approximate surface area is 118 Å². The Morgan fingerprint density at radius 2 is 2.11 bits per heavy atom. The van der Waals surface area contributed by atoms with Crippen molar-refractivity contribution < 1.29 is 4.74 Å². The van der Waals surface area contributed by atoms with Crippen molar-refractivity contribution >= 4 is 28.9 Å². The summed E-state index contributed by atoms with van der Waals surface area (Å²) in [6.07, 6.45) is 1.53. The zero-order valence-electron chi connectivity index (χ0n) is 10.5. The topological polar surface area (TPSA) is 21.3 Å². The molecule has 1 heterocycles. The van der Waals surface area contributed by atoms with Gasteiger partial charge in [-0.15, -0.1) is 0 Å². The molecule has 3 unspecified atom stereocenters. The predicted octanol–water partition coefficient (Wildman–Crippen LogP) is 4.22. The summed E-state index contributed by atoms with van der Waals surface area (Å²) in [5.41, 5.74) is 1.12. The lowest BCUT2D eigenvalue weighted by atomic mass is 9.57. The minimum absolute atomic E-state index is 0.157. The first kappa shape index (κ1) is 12.6. The van der Waals surface area contributed by atoms with Crippen molar-refractivity contribution in [3.05, 3.63) is 28.2 Å². The highest BCUT2D eigenvalue weighted by atomic mass is 35.5. The number of hydrogen-bond donors (Lipinski definition) is 1. The summed E-state index contributed by atoms with van der Waals surface area (Å²) in [4.78, 5) is 0. The summed E-state index contributed by atoms with van der Waals surface area (Å²) in [7, 11) is 0. The van der Waals surface area contributed by atoms with Crippen molar-refractivity contribution in [3.63, 3.8) is 0 Å². The maximum Gasteiger partial charge on any atom is 0.0694 e. The number of anilines is 1. The van der Waals surface area contributed by atoms with Gasteiger partial charge in [0.25, 0.3) is 0 Å². The third kappa shape index (κ3) is 1.82. The Morgan fingerprint density at radius 3 is 2.83 bits per heavy atom. The predicted molar refractivity (Wildman–Crippen MR) is 75.5 cm³/mol. The van der Waals surface area contributed by atoms with Crippen molar-refractivity contribution in [1.29, 1.82) is 0 Å². The molecule has 18 heavy (non-hydrogen) atoms. The van der Waals surface area contributed by atoms with Crippen LogP contribution in [0.2, 0.25) is 10.0 Å². The highest BCUT2D eigenvalue weighted by Crippen LogP contribution is 2.53. The molecule has 0 radical (unpaired) electrons. The standard InChI is InChI=1S/C14H17Cl2NO/c1-14(2)12(9-5-6-18-13(9)14)17-11-4-3-8(15)7-10(11)16/h3-4,7,9,12-13,17H,5-6H2,1-2H3. The van der Waals surface area contributed by atoms with Gasteiger partial charge in [-0.2, -0.15) is 0 Å².